The summed E-state index contributed by atoms with van der Waals surface area (Å²) in [5, 5.41) is 12.2. The topological polar surface area (TPSA) is 79.3 Å². The molecule has 0 aliphatic rings. The summed E-state index contributed by atoms with van der Waals surface area (Å²) >= 11 is 5.82. The van der Waals surface area contributed by atoms with Crippen molar-refractivity contribution in [1.82, 2.24) is 10.3 Å². The smallest absolute Gasteiger partial charge is 0.311 e. The van der Waals surface area contributed by atoms with Gasteiger partial charge in [0.25, 0.3) is 5.91 Å². The van der Waals surface area contributed by atoms with Crippen LogP contribution >= 0.6 is 11.6 Å². The molecule has 20 heavy (non-hydrogen) atoms. The highest BCUT2D eigenvalue weighted by Crippen LogP contribution is 2.31. The molecule has 0 aliphatic carbocycles. The lowest BCUT2D eigenvalue weighted by Gasteiger charge is -2.38. The lowest BCUT2D eigenvalue weighted by atomic mass is 9.74. The van der Waals surface area contributed by atoms with Gasteiger partial charge in [0.15, 0.2) is 0 Å². The van der Waals surface area contributed by atoms with Crippen LogP contribution in [0.25, 0.3) is 0 Å². The molecule has 1 heterocycles. The monoisotopic (exact) mass is 298 g/mol. The van der Waals surface area contributed by atoms with E-state index in [-0.39, 0.29) is 11.1 Å². The van der Waals surface area contributed by atoms with Crippen LogP contribution < -0.4 is 5.32 Å². The molecule has 0 unspecified atom stereocenters. The second-order valence-electron chi connectivity index (χ2n) is 5.83. The quantitative estimate of drug-likeness (QED) is 0.838. The van der Waals surface area contributed by atoms with Gasteiger partial charge in [-0.15, -0.1) is 0 Å². The summed E-state index contributed by atoms with van der Waals surface area (Å²) in [5.74, 6) is -1.36. The number of nitrogens with one attached hydrogen (secondary N) is 1. The summed E-state index contributed by atoms with van der Waals surface area (Å²) in [6.07, 6.45) is 0. The van der Waals surface area contributed by atoms with E-state index in [4.69, 9.17) is 11.6 Å². The summed E-state index contributed by atoms with van der Waals surface area (Å²) in [6.45, 7) is 8.22. The van der Waals surface area contributed by atoms with E-state index in [0.29, 0.717) is 11.3 Å². The molecule has 0 bridgehead atoms. The van der Waals surface area contributed by atoms with E-state index in [1.807, 2.05) is 0 Å². The van der Waals surface area contributed by atoms with Gasteiger partial charge in [0.2, 0.25) is 0 Å². The van der Waals surface area contributed by atoms with Crippen molar-refractivity contribution in [2.75, 3.05) is 0 Å². The molecular weight excluding hydrogens is 280 g/mol. The number of aryl methyl sites for hydroxylation is 1. The lowest BCUT2D eigenvalue weighted by Crippen LogP contribution is -2.57. The van der Waals surface area contributed by atoms with E-state index in [2.05, 4.69) is 10.3 Å². The normalized spacial score (nSPS) is 12.1. The predicted molar refractivity (Wildman–Crippen MR) is 76.9 cm³/mol. The van der Waals surface area contributed by atoms with Gasteiger partial charge in [-0.3, -0.25) is 9.59 Å². The first-order valence-corrected chi connectivity index (χ1v) is 6.55. The second-order valence-corrected chi connectivity index (χ2v) is 6.22. The van der Waals surface area contributed by atoms with E-state index < -0.39 is 16.9 Å². The molecule has 1 rings (SSSR count). The zero-order valence-corrected chi connectivity index (χ0v) is 13.0. The van der Waals surface area contributed by atoms with E-state index in [0.717, 1.165) is 0 Å². The maximum atomic E-state index is 12.2. The molecule has 5 nitrogen and oxygen atoms in total. The predicted octanol–water partition coefficient (Wildman–Crippen LogP) is 2.66. The number of hydrogen-bond donors (Lipinski definition) is 2. The minimum absolute atomic E-state index is 0.227. The summed E-state index contributed by atoms with van der Waals surface area (Å²) < 4.78 is 0. The van der Waals surface area contributed by atoms with E-state index in [1.54, 1.807) is 40.7 Å². The number of carbonyl (C=O) groups is 2. The van der Waals surface area contributed by atoms with Crippen LogP contribution in [-0.2, 0) is 4.79 Å². The number of carboxylic acid groups (broad SMARTS) is 1. The fraction of sp³-hybridized carbons (Fsp3) is 0.500. The standard InChI is InChI=1S/C14H19ClN2O3/c1-8-6-9(7-10(15)16-8)11(18)17-14(4,5)13(2,3)12(19)20/h6-7H,1-5H3,(H,17,18)(H,19,20). The zero-order valence-electron chi connectivity index (χ0n) is 12.2. The Hall–Kier alpha value is -1.62. The number of pyridine rings is 1. The lowest BCUT2D eigenvalue weighted by molar-refractivity contribution is -0.150. The highest BCUT2D eigenvalue weighted by Gasteiger charge is 2.44. The molecule has 0 fully saturated rings. The number of carboxylic acids is 1. The third-order valence-corrected chi connectivity index (χ3v) is 3.90. The first kappa shape index (κ1) is 16.4. The van der Waals surface area contributed by atoms with Gasteiger partial charge < -0.3 is 10.4 Å². The summed E-state index contributed by atoms with van der Waals surface area (Å²) in [4.78, 5) is 27.5. The molecule has 0 saturated carbocycles. The maximum absolute atomic E-state index is 12.2. The molecule has 6 heteroatoms. The van der Waals surface area contributed by atoms with Gasteiger partial charge >= 0.3 is 5.97 Å². The van der Waals surface area contributed by atoms with Gasteiger partial charge in [0, 0.05) is 11.3 Å². The van der Waals surface area contributed by atoms with Crippen molar-refractivity contribution in [3.8, 4) is 0 Å². The maximum Gasteiger partial charge on any atom is 0.311 e. The van der Waals surface area contributed by atoms with Crippen molar-refractivity contribution >= 4 is 23.5 Å². The number of carbonyl (C=O) groups excluding carboxylic acids is 1. The molecule has 0 aliphatic heterocycles. The molecule has 0 atom stereocenters. The second kappa shape index (κ2) is 5.40. The fourth-order valence-corrected chi connectivity index (χ4v) is 1.79. The Morgan fingerprint density at radius 1 is 1.25 bits per heavy atom. The van der Waals surface area contributed by atoms with Crippen molar-refractivity contribution in [3.63, 3.8) is 0 Å². The summed E-state index contributed by atoms with van der Waals surface area (Å²) in [5.41, 5.74) is -1.07. The van der Waals surface area contributed by atoms with Crippen LogP contribution in [0.1, 0.15) is 43.7 Å². The van der Waals surface area contributed by atoms with Crippen LogP contribution in [0.3, 0.4) is 0 Å². The van der Waals surface area contributed by atoms with Crippen LogP contribution in [0.15, 0.2) is 12.1 Å². The number of nitrogens with zero attached hydrogens (tertiary/aromatic N) is 1. The Balaban J connectivity index is 3.03. The molecular formula is C14H19ClN2O3. The van der Waals surface area contributed by atoms with E-state index >= 15 is 0 Å². The van der Waals surface area contributed by atoms with Crippen molar-refractivity contribution in [3.05, 3.63) is 28.5 Å². The molecule has 2 N–H and O–H groups in total. The molecule has 0 spiro atoms. The van der Waals surface area contributed by atoms with E-state index in [9.17, 15) is 14.7 Å². The van der Waals surface area contributed by atoms with Gasteiger partial charge in [0.1, 0.15) is 5.15 Å². The SMILES string of the molecule is Cc1cc(C(=O)NC(C)(C)C(C)(C)C(=O)O)cc(Cl)n1. The number of hydrogen-bond acceptors (Lipinski definition) is 3. The molecule has 1 aromatic heterocycles. The van der Waals surface area contributed by atoms with E-state index in [1.165, 1.54) is 6.07 Å². The molecule has 1 aromatic rings. The average molecular weight is 299 g/mol. The van der Waals surface area contributed by atoms with Gasteiger partial charge in [-0.25, -0.2) is 4.98 Å². The minimum atomic E-state index is -1.12. The number of amides is 1. The fourth-order valence-electron chi connectivity index (χ4n) is 1.54. The Morgan fingerprint density at radius 2 is 1.80 bits per heavy atom. The molecule has 110 valence electrons. The average Bonchev–Trinajstić information content (AvgIpc) is 2.26. The highest BCUT2D eigenvalue weighted by atomic mass is 35.5. The van der Waals surface area contributed by atoms with Crippen molar-refractivity contribution in [2.45, 2.75) is 40.2 Å². The first-order valence-electron chi connectivity index (χ1n) is 6.17. The summed E-state index contributed by atoms with van der Waals surface area (Å²) in [6, 6.07) is 3.05. The first-order chi connectivity index (χ1) is 8.97. The highest BCUT2D eigenvalue weighted by molar-refractivity contribution is 6.29. The van der Waals surface area contributed by atoms with Gasteiger partial charge in [-0.05, 0) is 46.8 Å². The van der Waals surface area contributed by atoms with Gasteiger partial charge in [-0.1, -0.05) is 11.6 Å². The molecule has 0 saturated heterocycles. The number of rotatable bonds is 4. The van der Waals surface area contributed by atoms with Crippen LogP contribution in [0.4, 0.5) is 0 Å². The molecule has 0 aromatic carbocycles. The molecule has 1 amide bonds. The summed E-state index contributed by atoms with van der Waals surface area (Å²) in [7, 11) is 0. The minimum Gasteiger partial charge on any atom is -0.481 e. The van der Waals surface area contributed by atoms with Crippen LogP contribution in [0.2, 0.25) is 5.15 Å². The Morgan fingerprint density at radius 3 is 2.25 bits per heavy atom. The largest absolute Gasteiger partial charge is 0.481 e. The van der Waals surface area contributed by atoms with Crippen molar-refractivity contribution in [2.24, 2.45) is 5.41 Å². The van der Waals surface area contributed by atoms with Gasteiger partial charge in [-0.2, -0.15) is 0 Å². The Kier molecular flexibility index (Phi) is 4.44. The van der Waals surface area contributed by atoms with Crippen LogP contribution in [-0.4, -0.2) is 27.5 Å². The Bertz CT molecular complexity index is 533. The van der Waals surface area contributed by atoms with Crippen LogP contribution in [0.5, 0.6) is 0 Å². The zero-order chi connectivity index (χ0) is 15.7. The van der Waals surface area contributed by atoms with Gasteiger partial charge in [0.05, 0.1) is 11.0 Å². The molecule has 0 radical (unpaired) electrons. The van der Waals surface area contributed by atoms with Crippen LogP contribution in [0, 0.1) is 12.3 Å². The van der Waals surface area contributed by atoms with Crippen molar-refractivity contribution in [1.29, 1.82) is 0 Å². The number of halogens is 1. The third-order valence-electron chi connectivity index (χ3n) is 3.71. The third kappa shape index (κ3) is 3.28. The number of aromatic nitrogens is 1. The Labute approximate surface area is 123 Å². The van der Waals surface area contributed by atoms with Crippen molar-refractivity contribution < 1.29 is 14.7 Å². The number of aliphatic carboxylic acids is 1.